The highest BCUT2D eigenvalue weighted by Crippen LogP contribution is 2.36. The van der Waals surface area contributed by atoms with E-state index in [2.05, 4.69) is 26.5 Å². The molecule has 0 aliphatic carbocycles. The molecule has 32 heavy (non-hydrogen) atoms. The van der Waals surface area contributed by atoms with E-state index in [1.165, 1.54) is 11.8 Å². The smallest absolute Gasteiger partial charge is 0.277 e. The number of nitrogens with one attached hydrogen (secondary N) is 1. The van der Waals surface area contributed by atoms with E-state index >= 15 is 0 Å². The quantitative estimate of drug-likeness (QED) is 0.299. The molecule has 3 rings (SSSR count). The fourth-order valence-corrected chi connectivity index (χ4v) is 3.39. The molecular formula is C24H22BrClN2O4. The predicted molar refractivity (Wildman–Crippen MR) is 129 cm³/mol. The molecule has 0 radical (unpaired) electrons. The Hall–Kier alpha value is -3.03. The third-order valence-corrected chi connectivity index (χ3v) is 5.18. The lowest BCUT2D eigenvalue weighted by molar-refractivity contribution is -0.123. The van der Waals surface area contributed by atoms with Gasteiger partial charge in [0.15, 0.2) is 18.1 Å². The third-order valence-electron chi connectivity index (χ3n) is 4.34. The minimum atomic E-state index is -0.389. The molecule has 0 spiro atoms. The highest BCUT2D eigenvalue weighted by molar-refractivity contribution is 9.10. The number of hydrazone groups is 1. The Balaban J connectivity index is 1.57. The first-order chi connectivity index (χ1) is 15.4. The SMILES string of the molecule is COc1cc(/C=N\NC(=O)COc2ccc(Cl)cc2)cc(Br)c1OCc1ccc(C)cc1. The van der Waals surface area contributed by atoms with Crippen LogP contribution in [0.15, 0.2) is 70.2 Å². The van der Waals surface area contributed by atoms with Crippen LogP contribution in [-0.4, -0.2) is 25.8 Å². The number of benzene rings is 3. The van der Waals surface area contributed by atoms with Gasteiger partial charge >= 0.3 is 0 Å². The van der Waals surface area contributed by atoms with E-state index in [4.69, 9.17) is 25.8 Å². The summed E-state index contributed by atoms with van der Waals surface area (Å²) in [5.74, 6) is 1.29. The molecule has 6 nitrogen and oxygen atoms in total. The van der Waals surface area contributed by atoms with Crippen LogP contribution in [0.2, 0.25) is 5.02 Å². The van der Waals surface area contributed by atoms with E-state index in [0.717, 1.165) is 11.1 Å². The monoisotopic (exact) mass is 516 g/mol. The summed E-state index contributed by atoms with van der Waals surface area (Å²) >= 11 is 9.34. The number of carbonyl (C=O) groups excluding carboxylic acids is 1. The number of aryl methyl sites for hydroxylation is 1. The maximum Gasteiger partial charge on any atom is 0.277 e. The summed E-state index contributed by atoms with van der Waals surface area (Å²) in [7, 11) is 1.57. The van der Waals surface area contributed by atoms with Crippen molar-refractivity contribution >= 4 is 39.7 Å². The molecule has 0 aromatic heterocycles. The maximum absolute atomic E-state index is 11.9. The van der Waals surface area contributed by atoms with E-state index in [1.807, 2.05) is 37.3 Å². The van der Waals surface area contributed by atoms with Gasteiger partial charge in [-0.2, -0.15) is 5.10 Å². The number of hydrogen-bond donors (Lipinski definition) is 1. The summed E-state index contributed by atoms with van der Waals surface area (Å²) in [6.45, 7) is 2.28. The topological polar surface area (TPSA) is 69.2 Å². The first-order valence-electron chi connectivity index (χ1n) is 9.71. The van der Waals surface area contributed by atoms with Crippen molar-refractivity contribution < 1.29 is 19.0 Å². The van der Waals surface area contributed by atoms with Crippen LogP contribution in [0.5, 0.6) is 17.2 Å². The van der Waals surface area contributed by atoms with Gasteiger partial charge in [-0.15, -0.1) is 0 Å². The van der Waals surface area contributed by atoms with Crippen molar-refractivity contribution in [1.29, 1.82) is 0 Å². The van der Waals surface area contributed by atoms with Gasteiger partial charge in [0.2, 0.25) is 0 Å². The van der Waals surface area contributed by atoms with E-state index in [-0.39, 0.29) is 12.5 Å². The summed E-state index contributed by atoms with van der Waals surface area (Å²) in [4.78, 5) is 11.9. The zero-order chi connectivity index (χ0) is 22.9. The summed E-state index contributed by atoms with van der Waals surface area (Å²) in [6, 6.07) is 18.5. The fourth-order valence-electron chi connectivity index (χ4n) is 2.68. The normalized spacial score (nSPS) is 10.8. The average molecular weight is 518 g/mol. The van der Waals surface area contributed by atoms with Crippen LogP contribution in [0.3, 0.4) is 0 Å². The zero-order valence-electron chi connectivity index (χ0n) is 17.6. The lowest BCUT2D eigenvalue weighted by Gasteiger charge is -2.13. The van der Waals surface area contributed by atoms with Crippen LogP contribution in [0.25, 0.3) is 0 Å². The van der Waals surface area contributed by atoms with Gasteiger partial charge in [-0.3, -0.25) is 4.79 Å². The molecule has 0 bridgehead atoms. The molecule has 1 amide bonds. The molecule has 3 aromatic rings. The van der Waals surface area contributed by atoms with Gasteiger partial charge in [0.05, 0.1) is 17.8 Å². The molecular weight excluding hydrogens is 496 g/mol. The highest BCUT2D eigenvalue weighted by atomic mass is 79.9. The van der Waals surface area contributed by atoms with Crippen LogP contribution in [0.4, 0.5) is 0 Å². The minimum absolute atomic E-state index is 0.169. The molecule has 3 aromatic carbocycles. The lowest BCUT2D eigenvalue weighted by Crippen LogP contribution is -2.24. The van der Waals surface area contributed by atoms with Crippen molar-refractivity contribution in [2.45, 2.75) is 13.5 Å². The Kier molecular flexibility index (Phi) is 8.53. The van der Waals surface area contributed by atoms with Gasteiger partial charge in [0, 0.05) is 5.02 Å². The van der Waals surface area contributed by atoms with Crippen LogP contribution >= 0.6 is 27.5 Å². The van der Waals surface area contributed by atoms with Gasteiger partial charge in [-0.05, 0) is 70.4 Å². The number of methoxy groups -OCH3 is 1. The van der Waals surface area contributed by atoms with Gasteiger partial charge in [0.1, 0.15) is 12.4 Å². The van der Waals surface area contributed by atoms with Crippen LogP contribution in [0.1, 0.15) is 16.7 Å². The Morgan fingerprint density at radius 2 is 1.81 bits per heavy atom. The fraction of sp³-hybridized carbons (Fsp3) is 0.167. The molecule has 0 saturated carbocycles. The molecule has 0 unspecified atom stereocenters. The molecule has 1 N–H and O–H groups in total. The third kappa shape index (κ3) is 7.00. The highest BCUT2D eigenvalue weighted by Gasteiger charge is 2.12. The molecule has 0 aliphatic heterocycles. The summed E-state index contributed by atoms with van der Waals surface area (Å²) < 4.78 is 17.5. The minimum Gasteiger partial charge on any atom is -0.493 e. The second-order valence-corrected chi connectivity index (χ2v) is 8.13. The van der Waals surface area contributed by atoms with Crippen molar-refractivity contribution in [3.05, 3.63) is 86.8 Å². The molecule has 0 saturated heterocycles. The molecule has 0 aliphatic rings. The second-order valence-electron chi connectivity index (χ2n) is 6.84. The first-order valence-corrected chi connectivity index (χ1v) is 10.9. The van der Waals surface area contributed by atoms with E-state index in [1.54, 1.807) is 37.4 Å². The van der Waals surface area contributed by atoms with Gasteiger partial charge < -0.3 is 14.2 Å². The maximum atomic E-state index is 11.9. The van der Waals surface area contributed by atoms with Crippen LogP contribution in [0, 0.1) is 6.92 Å². The number of rotatable bonds is 9. The molecule has 166 valence electrons. The summed E-state index contributed by atoms with van der Waals surface area (Å²) in [6.07, 6.45) is 1.51. The number of hydrogen-bond acceptors (Lipinski definition) is 5. The van der Waals surface area contributed by atoms with Crippen LogP contribution in [-0.2, 0) is 11.4 Å². The van der Waals surface area contributed by atoms with E-state index in [9.17, 15) is 4.79 Å². The predicted octanol–water partition coefficient (Wildman–Crippen LogP) is 5.53. The first kappa shape index (κ1) is 23.6. The molecule has 0 atom stereocenters. The van der Waals surface area contributed by atoms with Gasteiger partial charge in [-0.25, -0.2) is 5.43 Å². The van der Waals surface area contributed by atoms with Gasteiger partial charge in [-0.1, -0.05) is 41.4 Å². The summed E-state index contributed by atoms with van der Waals surface area (Å²) in [5, 5.41) is 4.57. The van der Waals surface area contributed by atoms with E-state index < -0.39 is 0 Å². The van der Waals surface area contributed by atoms with Gasteiger partial charge in [0.25, 0.3) is 5.91 Å². The van der Waals surface area contributed by atoms with Crippen molar-refractivity contribution in [1.82, 2.24) is 5.43 Å². The Morgan fingerprint density at radius 3 is 2.50 bits per heavy atom. The standard InChI is InChI=1S/C24H22BrClN2O4/c1-16-3-5-17(6-4-16)14-32-24-21(25)11-18(12-22(24)30-2)13-27-28-23(29)15-31-20-9-7-19(26)8-10-20/h3-13H,14-15H2,1-2H3,(H,28,29)/b27-13-. The Bertz CT molecular complexity index is 1090. The van der Waals surface area contributed by atoms with Crippen molar-refractivity contribution in [2.75, 3.05) is 13.7 Å². The molecule has 0 fully saturated rings. The average Bonchev–Trinajstić information content (AvgIpc) is 2.79. The number of carbonyl (C=O) groups is 1. The Morgan fingerprint density at radius 1 is 1.09 bits per heavy atom. The lowest BCUT2D eigenvalue weighted by atomic mass is 10.2. The zero-order valence-corrected chi connectivity index (χ0v) is 19.9. The largest absolute Gasteiger partial charge is 0.493 e. The van der Waals surface area contributed by atoms with Crippen molar-refractivity contribution in [3.8, 4) is 17.2 Å². The number of amides is 1. The Labute approximate surface area is 200 Å². The molecule has 0 heterocycles. The molecule has 8 heteroatoms. The number of halogens is 2. The van der Waals surface area contributed by atoms with Crippen molar-refractivity contribution in [2.24, 2.45) is 5.10 Å². The number of ether oxygens (including phenoxy) is 3. The summed E-state index contributed by atoms with van der Waals surface area (Å²) in [5.41, 5.74) is 5.39. The van der Waals surface area contributed by atoms with Crippen molar-refractivity contribution in [3.63, 3.8) is 0 Å². The number of nitrogens with zero attached hydrogens (tertiary/aromatic N) is 1. The van der Waals surface area contributed by atoms with E-state index in [0.29, 0.717) is 33.4 Å². The van der Waals surface area contributed by atoms with Crippen LogP contribution < -0.4 is 19.6 Å². The second kappa shape index (κ2) is 11.5.